The van der Waals surface area contributed by atoms with E-state index in [0.29, 0.717) is 31.5 Å². The molecule has 1 aromatic rings. The number of aliphatic imine (C=N–C) groups is 1. The van der Waals surface area contributed by atoms with E-state index in [1.165, 1.54) is 0 Å². The largest absolute Gasteiger partial charge is 0.359 e. The van der Waals surface area contributed by atoms with Crippen molar-refractivity contribution in [1.29, 1.82) is 0 Å². The molecule has 1 saturated carbocycles. The second kappa shape index (κ2) is 12.1. The molecule has 1 aliphatic carbocycles. The Morgan fingerprint density at radius 1 is 1.23 bits per heavy atom. The van der Waals surface area contributed by atoms with Crippen LogP contribution < -0.4 is 16.0 Å². The molecule has 0 unspecified atom stereocenters. The molecule has 0 atom stereocenters. The molecule has 0 bridgehead atoms. The Labute approximate surface area is 173 Å². The Morgan fingerprint density at radius 3 is 2.54 bits per heavy atom. The molecule has 8 heteroatoms. The van der Waals surface area contributed by atoms with Gasteiger partial charge in [0, 0.05) is 37.5 Å². The summed E-state index contributed by atoms with van der Waals surface area (Å²) in [7, 11) is 0. The van der Waals surface area contributed by atoms with Crippen molar-refractivity contribution in [3.05, 3.63) is 17.5 Å². The predicted octanol–water partition coefficient (Wildman–Crippen LogP) is 2.78. The van der Waals surface area contributed by atoms with Crippen LogP contribution in [0.2, 0.25) is 0 Å². The molecule has 0 saturated heterocycles. The van der Waals surface area contributed by atoms with Gasteiger partial charge in [0.25, 0.3) is 0 Å². The van der Waals surface area contributed by atoms with E-state index < -0.39 is 0 Å². The molecule has 1 aromatic heterocycles. The van der Waals surface area contributed by atoms with Gasteiger partial charge in [-0.15, -0.1) is 24.0 Å². The van der Waals surface area contributed by atoms with E-state index in [2.05, 4.69) is 39.9 Å². The summed E-state index contributed by atoms with van der Waals surface area (Å²) in [5, 5.41) is 13.5. The summed E-state index contributed by atoms with van der Waals surface area (Å²) in [5.41, 5.74) is 1.01. The van der Waals surface area contributed by atoms with Crippen LogP contribution in [-0.4, -0.2) is 36.7 Å². The quantitative estimate of drug-likeness (QED) is 0.209. The van der Waals surface area contributed by atoms with Crippen LogP contribution in [0.25, 0.3) is 0 Å². The monoisotopic (exact) mass is 477 g/mol. The fourth-order valence-corrected chi connectivity index (χ4v) is 2.66. The predicted molar refractivity (Wildman–Crippen MR) is 114 cm³/mol. The molecule has 1 fully saturated rings. The van der Waals surface area contributed by atoms with Crippen LogP contribution in [0, 0.1) is 5.92 Å². The first-order chi connectivity index (χ1) is 12.2. The standard InChI is InChI=1S/C18H31N5O2.HI/c1-4-13(5-2)16-11-15(25-23-16)12-22-18(19-6-3)21-10-9-20-17(24)14-7-8-14;/h11,13-14H,4-10,12H2,1-3H3,(H,20,24)(H2,19,21,22);1H. The van der Waals surface area contributed by atoms with Crippen LogP contribution in [-0.2, 0) is 11.3 Å². The van der Waals surface area contributed by atoms with Crippen molar-refractivity contribution in [3.8, 4) is 0 Å². The number of guanidine groups is 1. The van der Waals surface area contributed by atoms with Crippen LogP contribution >= 0.6 is 24.0 Å². The molecule has 1 amide bonds. The molecular formula is C18H32IN5O2. The maximum absolute atomic E-state index is 11.6. The summed E-state index contributed by atoms with van der Waals surface area (Å²) in [4.78, 5) is 16.1. The second-order valence-corrected chi connectivity index (χ2v) is 6.42. The summed E-state index contributed by atoms with van der Waals surface area (Å²) in [6.07, 6.45) is 4.17. The van der Waals surface area contributed by atoms with Gasteiger partial charge < -0.3 is 20.5 Å². The summed E-state index contributed by atoms with van der Waals surface area (Å²) in [6, 6.07) is 2.00. The van der Waals surface area contributed by atoms with Crippen LogP contribution in [0.1, 0.15) is 63.8 Å². The van der Waals surface area contributed by atoms with Gasteiger partial charge in [-0.25, -0.2) is 4.99 Å². The molecule has 1 aliphatic rings. The average Bonchev–Trinajstić information content (AvgIpc) is 3.37. The smallest absolute Gasteiger partial charge is 0.223 e. The van der Waals surface area contributed by atoms with Crippen molar-refractivity contribution >= 4 is 35.8 Å². The number of aromatic nitrogens is 1. The van der Waals surface area contributed by atoms with E-state index in [9.17, 15) is 4.79 Å². The van der Waals surface area contributed by atoms with Gasteiger partial charge in [0.1, 0.15) is 6.54 Å². The van der Waals surface area contributed by atoms with Crippen molar-refractivity contribution in [2.45, 2.75) is 58.9 Å². The molecule has 0 aromatic carbocycles. The van der Waals surface area contributed by atoms with Crippen molar-refractivity contribution < 1.29 is 9.32 Å². The number of hydrogen-bond donors (Lipinski definition) is 3. The number of halogens is 1. The Kier molecular flexibility index (Phi) is 10.6. The number of hydrogen-bond acceptors (Lipinski definition) is 4. The third kappa shape index (κ3) is 7.51. The molecule has 2 rings (SSSR count). The average molecular weight is 477 g/mol. The number of amides is 1. The Hall–Kier alpha value is -1.32. The van der Waals surface area contributed by atoms with Crippen molar-refractivity contribution in [2.75, 3.05) is 19.6 Å². The van der Waals surface area contributed by atoms with E-state index in [1.807, 2.05) is 13.0 Å². The minimum absolute atomic E-state index is 0. The van der Waals surface area contributed by atoms with Gasteiger partial charge in [-0.2, -0.15) is 0 Å². The Morgan fingerprint density at radius 2 is 1.92 bits per heavy atom. The lowest BCUT2D eigenvalue weighted by atomic mass is 9.99. The molecule has 0 radical (unpaired) electrons. The van der Waals surface area contributed by atoms with Crippen LogP contribution in [0.4, 0.5) is 0 Å². The fraction of sp³-hybridized carbons (Fsp3) is 0.722. The number of carbonyl (C=O) groups is 1. The van der Waals surface area contributed by atoms with Gasteiger partial charge in [0.2, 0.25) is 5.91 Å². The van der Waals surface area contributed by atoms with Crippen molar-refractivity contribution in [3.63, 3.8) is 0 Å². The normalized spacial score (nSPS) is 14.1. The molecule has 0 spiro atoms. The van der Waals surface area contributed by atoms with Crippen LogP contribution in [0.15, 0.2) is 15.6 Å². The molecule has 26 heavy (non-hydrogen) atoms. The first-order valence-electron chi connectivity index (χ1n) is 9.43. The maximum Gasteiger partial charge on any atom is 0.223 e. The maximum atomic E-state index is 11.6. The van der Waals surface area contributed by atoms with E-state index in [4.69, 9.17) is 4.52 Å². The van der Waals surface area contributed by atoms with Crippen LogP contribution in [0.5, 0.6) is 0 Å². The topological polar surface area (TPSA) is 91.6 Å². The summed E-state index contributed by atoms with van der Waals surface area (Å²) in [6.45, 7) is 8.80. The molecule has 3 N–H and O–H groups in total. The van der Waals surface area contributed by atoms with E-state index in [1.54, 1.807) is 0 Å². The van der Waals surface area contributed by atoms with E-state index in [0.717, 1.165) is 43.7 Å². The second-order valence-electron chi connectivity index (χ2n) is 6.42. The summed E-state index contributed by atoms with van der Waals surface area (Å²) < 4.78 is 5.40. The zero-order valence-corrected chi connectivity index (χ0v) is 18.3. The third-order valence-electron chi connectivity index (χ3n) is 4.38. The lowest BCUT2D eigenvalue weighted by Gasteiger charge is -2.11. The minimum atomic E-state index is 0. The molecule has 1 heterocycles. The van der Waals surface area contributed by atoms with Crippen LogP contribution in [0.3, 0.4) is 0 Å². The first kappa shape index (κ1) is 22.7. The highest BCUT2D eigenvalue weighted by Crippen LogP contribution is 2.28. The summed E-state index contributed by atoms with van der Waals surface area (Å²) in [5.74, 6) is 2.34. The van der Waals surface area contributed by atoms with Crippen molar-refractivity contribution in [2.24, 2.45) is 10.9 Å². The lowest BCUT2D eigenvalue weighted by Crippen LogP contribution is -2.41. The van der Waals surface area contributed by atoms with Gasteiger partial charge in [-0.1, -0.05) is 19.0 Å². The van der Waals surface area contributed by atoms with E-state index in [-0.39, 0.29) is 35.8 Å². The highest BCUT2D eigenvalue weighted by molar-refractivity contribution is 14.0. The molecular weight excluding hydrogens is 445 g/mol. The first-order valence-corrected chi connectivity index (χ1v) is 9.43. The zero-order valence-electron chi connectivity index (χ0n) is 16.0. The third-order valence-corrected chi connectivity index (χ3v) is 4.38. The van der Waals surface area contributed by atoms with E-state index >= 15 is 0 Å². The van der Waals surface area contributed by atoms with Gasteiger partial charge in [-0.3, -0.25) is 4.79 Å². The fourth-order valence-electron chi connectivity index (χ4n) is 2.66. The Balaban J connectivity index is 0.00000338. The number of rotatable bonds is 10. The number of carbonyl (C=O) groups excluding carboxylic acids is 1. The van der Waals surface area contributed by atoms with Gasteiger partial charge in [0.05, 0.1) is 5.69 Å². The molecule has 7 nitrogen and oxygen atoms in total. The van der Waals surface area contributed by atoms with Gasteiger partial charge >= 0.3 is 0 Å². The molecule has 148 valence electrons. The van der Waals surface area contributed by atoms with Crippen molar-refractivity contribution in [1.82, 2.24) is 21.1 Å². The summed E-state index contributed by atoms with van der Waals surface area (Å²) >= 11 is 0. The minimum Gasteiger partial charge on any atom is -0.359 e. The highest BCUT2D eigenvalue weighted by Gasteiger charge is 2.28. The SMILES string of the molecule is CCNC(=NCc1cc(C(CC)CC)no1)NCCNC(=O)C1CC1.I. The molecule has 0 aliphatic heterocycles. The number of nitrogens with zero attached hydrogens (tertiary/aromatic N) is 2. The number of nitrogens with one attached hydrogen (secondary N) is 3. The zero-order chi connectivity index (χ0) is 18.1. The van der Waals surface area contributed by atoms with Gasteiger partial charge in [0.15, 0.2) is 11.7 Å². The Bertz CT molecular complexity index is 568. The highest BCUT2D eigenvalue weighted by atomic mass is 127. The van der Waals surface area contributed by atoms with Gasteiger partial charge in [-0.05, 0) is 32.6 Å². The lowest BCUT2D eigenvalue weighted by molar-refractivity contribution is -0.122.